The van der Waals surface area contributed by atoms with Crippen LogP contribution in [0.3, 0.4) is 0 Å². The van der Waals surface area contributed by atoms with Gasteiger partial charge in [0.15, 0.2) is 11.5 Å². The number of piperidine rings is 4. The molecule has 0 unspecified atom stereocenters. The van der Waals surface area contributed by atoms with Gasteiger partial charge in [-0.1, -0.05) is 11.6 Å². The summed E-state index contributed by atoms with van der Waals surface area (Å²) in [5.41, 5.74) is 20.9. The maximum atomic E-state index is 11.0. The summed E-state index contributed by atoms with van der Waals surface area (Å²) >= 11 is 5.77. The van der Waals surface area contributed by atoms with Gasteiger partial charge >= 0.3 is 11.4 Å². The topological polar surface area (TPSA) is 210 Å². The second-order valence-electron chi connectivity index (χ2n) is 22.3. The average Bonchev–Trinajstić information content (AvgIpc) is 3.49. The minimum absolute atomic E-state index is 0.0296. The standard InChI is InChI=1S/C15H23N3O3.2C15H25N3O.C8H8ClNO3.C7H16N2/c1-11-9-14(18(19)20)15(21-4)10-13(11)17-7-5-12(6-8-17)16(2)3;2*1-11-9-13(16)15(19-4)10-14(11)18-7-5-12(6-8-18)17(2)3;1-5-3-7(10(11)12)8(13-2)4-6(5)9;1-9(2)7-3-5-8-6-4-7/h9-10,12H,5-8H2,1-4H3;2*9-10,12H,5-8,16H2,1-4H3;3-4H,1-2H3;7-8H,3-6H2,1-2H3. The van der Waals surface area contributed by atoms with Gasteiger partial charge in [-0.2, -0.15) is 0 Å². The highest BCUT2D eigenvalue weighted by Crippen LogP contribution is 2.38. The molecule has 4 aliphatic heterocycles. The summed E-state index contributed by atoms with van der Waals surface area (Å²) in [5, 5.41) is 25.4. The van der Waals surface area contributed by atoms with Crippen LogP contribution in [0.25, 0.3) is 0 Å². The van der Waals surface area contributed by atoms with Crippen molar-refractivity contribution in [3.8, 4) is 23.0 Å². The van der Waals surface area contributed by atoms with Crippen LogP contribution in [-0.4, -0.2) is 191 Å². The molecular formula is C60H97ClN12O8. The lowest BCUT2D eigenvalue weighted by Gasteiger charge is -2.37. The first kappa shape index (κ1) is 67.5. The number of ether oxygens (including phenoxy) is 4. The molecular weight excluding hydrogens is 1050 g/mol. The zero-order valence-corrected chi connectivity index (χ0v) is 52.3. The van der Waals surface area contributed by atoms with Crippen LogP contribution in [-0.2, 0) is 0 Å². The fourth-order valence-corrected chi connectivity index (χ4v) is 11.0. The number of nitrogen functional groups attached to an aromatic ring is 2. The molecule has 8 rings (SSSR count). The number of halogens is 1. The van der Waals surface area contributed by atoms with Gasteiger partial charge in [0.05, 0.1) is 49.7 Å². The van der Waals surface area contributed by atoms with E-state index in [-0.39, 0.29) is 17.1 Å². The lowest BCUT2D eigenvalue weighted by molar-refractivity contribution is -0.385. The van der Waals surface area contributed by atoms with Gasteiger partial charge in [0.25, 0.3) is 0 Å². The first-order valence-corrected chi connectivity index (χ1v) is 28.5. The van der Waals surface area contributed by atoms with Crippen molar-refractivity contribution in [1.29, 1.82) is 0 Å². The highest BCUT2D eigenvalue weighted by atomic mass is 35.5. The summed E-state index contributed by atoms with van der Waals surface area (Å²) in [6, 6.07) is 17.2. The third-order valence-corrected chi connectivity index (χ3v) is 16.5. The lowest BCUT2D eigenvalue weighted by Crippen LogP contribution is -2.42. The van der Waals surface area contributed by atoms with E-state index in [1.807, 2.05) is 19.1 Å². The molecule has 0 spiro atoms. The van der Waals surface area contributed by atoms with E-state index in [4.69, 9.17) is 42.0 Å². The number of aryl methyl sites for hydroxylation is 4. The van der Waals surface area contributed by atoms with Crippen LogP contribution in [0.15, 0.2) is 48.5 Å². The van der Waals surface area contributed by atoms with E-state index in [0.29, 0.717) is 45.8 Å². The summed E-state index contributed by atoms with van der Waals surface area (Å²) < 4.78 is 20.7. The number of nitrogens with one attached hydrogen (secondary N) is 1. The summed E-state index contributed by atoms with van der Waals surface area (Å²) in [4.78, 5) is 37.1. The molecule has 4 aromatic rings. The number of nitrogens with two attached hydrogens (primary N) is 2. The number of hydrogen-bond acceptors (Lipinski definition) is 18. The molecule has 5 N–H and O–H groups in total. The van der Waals surface area contributed by atoms with E-state index in [1.54, 1.807) is 33.3 Å². The Morgan fingerprint density at radius 3 is 1.01 bits per heavy atom. The first-order valence-electron chi connectivity index (χ1n) is 28.2. The van der Waals surface area contributed by atoms with Gasteiger partial charge in [-0.3, -0.25) is 20.2 Å². The number of rotatable bonds is 13. The second kappa shape index (κ2) is 32.6. The van der Waals surface area contributed by atoms with Crippen molar-refractivity contribution in [2.24, 2.45) is 0 Å². The first-order chi connectivity index (χ1) is 38.3. The van der Waals surface area contributed by atoms with Crippen LogP contribution in [0.5, 0.6) is 23.0 Å². The number of methoxy groups -OCH3 is 4. The van der Waals surface area contributed by atoms with Gasteiger partial charge in [-0.15, -0.1) is 0 Å². The van der Waals surface area contributed by atoms with Gasteiger partial charge in [0, 0.05) is 122 Å². The normalized spacial score (nSPS) is 16.3. The third kappa shape index (κ3) is 19.6. The van der Waals surface area contributed by atoms with Crippen LogP contribution >= 0.6 is 11.6 Å². The predicted molar refractivity (Wildman–Crippen MR) is 334 cm³/mol. The molecule has 20 nitrogen and oxygen atoms in total. The molecule has 4 aliphatic rings. The largest absolute Gasteiger partial charge is 0.495 e. The van der Waals surface area contributed by atoms with E-state index in [2.05, 4.69) is 122 Å². The van der Waals surface area contributed by atoms with Crippen molar-refractivity contribution in [2.45, 2.75) is 103 Å². The van der Waals surface area contributed by atoms with Crippen molar-refractivity contribution in [2.75, 3.05) is 163 Å². The Morgan fingerprint density at radius 1 is 0.457 bits per heavy atom. The van der Waals surface area contributed by atoms with Gasteiger partial charge in [0.1, 0.15) is 11.5 Å². The van der Waals surface area contributed by atoms with E-state index < -0.39 is 9.85 Å². The van der Waals surface area contributed by atoms with Crippen molar-refractivity contribution in [1.82, 2.24) is 24.9 Å². The molecule has 0 aromatic heterocycles. The highest BCUT2D eigenvalue weighted by Gasteiger charge is 2.27. The Kier molecular flexibility index (Phi) is 27.1. The van der Waals surface area contributed by atoms with Crippen LogP contribution in [0, 0.1) is 47.9 Å². The SMILES string of the molecule is CN(C)C1CCNCC1.COc1cc(Cl)c(C)cc1[N+](=O)[O-].COc1cc(N2CCC(N(C)C)CC2)c(C)cc1N.COc1cc(N2CCC(N(C)C)CC2)c(C)cc1N.COc1cc(N2CCC(N(C)C)CC2)c(C)cc1[N+](=O)[O-]. The summed E-state index contributed by atoms with van der Waals surface area (Å²) in [6.45, 7) is 16.5. The maximum absolute atomic E-state index is 11.0. The maximum Gasteiger partial charge on any atom is 0.311 e. The summed E-state index contributed by atoms with van der Waals surface area (Å²) in [6.07, 6.45) is 9.66. The molecule has 0 saturated carbocycles. The second-order valence-corrected chi connectivity index (χ2v) is 22.8. The van der Waals surface area contributed by atoms with Gasteiger partial charge < -0.3 is 70.0 Å². The third-order valence-electron chi connectivity index (χ3n) is 16.1. The molecule has 4 fully saturated rings. The number of benzene rings is 4. The van der Waals surface area contributed by atoms with Crippen molar-refractivity contribution >= 4 is 51.4 Å². The van der Waals surface area contributed by atoms with E-state index >= 15 is 0 Å². The number of nitrogens with zero attached hydrogens (tertiary/aromatic N) is 9. The number of nitro groups is 2. The van der Waals surface area contributed by atoms with Crippen molar-refractivity contribution in [3.63, 3.8) is 0 Å². The Morgan fingerprint density at radius 2 is 0.728 bits per heavy atom. The Hall–Kier alpha value is -6.03. The molecule has 81 heavy (non-hydrogen) atoms. The van der Waals surface area contributed by atoms with E-state index in [1.165, 1.54) is 100 Å². The van der Waals surface area contributed by atoms with Crippen LogP contribution in [0.1, 0.15) is 73.6 Å². The molecule has 0 bridgehead atoms. The zero-order chi connectivity index (χ0) is 60.2. The minimum atomic E-state index is -0.498. The van der Waals surface area contributed by atoms with Gasteiger partial charge in [0.2, 0.25) is 0 Å². The smallest absolute Gasteiger partial charge is 0.311 e. The van der Waals surface area contributed by atoms with Crippen LogP contribution in [0.2, 0.25) is 5.02 Å². The van der Waals surface area contributed by atoms with Crippen molar-refractivity contribution < 1.29 is 28.8 Å². The van der Waals surface area contributed by atoms with Crippen molar-refractivity contribution in [3.05, 3.63) is 96.0 Å². The molecule has 4 saturated heterocycles. The molecule has 0 radical (unpaired) electrons. The van der Waals surface area contributed by atoms with Crippen LogP contribution < -0.4 is 50.4 Å². The van der Waals surface area contributed by atoms with E-state index in [9.17, 15) is 20.2 Å². The van der Waals surface area contributed by atoms with Gasteiger partial charge in [-0.25, -0.2) is 0 Å². The molecule has 0 amide bonds. The average molecular weight is 1150 g/mol. The fraction of sp³-hybridized carbons (Fsp3) is 0.600. The number of hydrogen-bond donors (Lipinski definition) is 3. The molecule has 0 aliphatic carbocycles. The monoisotopic (exact) mass is 1150 g/mol. The summed E-state index contributed by atoms with van der Waals surface area (Å²) in [7, 11) is 23.4. The summed E-state index contributed by atoms with van der Waals surface area (Å²) in [5.74, 6) is 2.06. The molecule has 452 valence electrons. The lowest BCUT2D eigenvalue weighted by atomic mass is 10.0. The molecule has 21 heteroatoms. The molecule has 4 aromatic carbocycles. The quantitative estimate of drug-likeness (QED) is 0.0646. The molecule has 4 heterocycles. The number of anilines is 5. The Bertz CT molecular complexity index is 2530. The van der Waals surface area contributed by atoms with Gasteiger partial charge in [-0.05, 0) is 183 Å². The Balaban J connectivity index is 0.000000223. The predicted octanol–water partition coefficient (Wildman–Crippen LogP) is 9.54. The van der Waals surface area contributed by atoms with Crippen LogP contribution in [0.4, 0.5) is 39.8 Å². The zero-order valence-electron chi connectivity index (χ0n) is 51.6. The number of nitro benzene ring substituents is 2. The molecule has 0 atom stereocenters. The fourth-order valence-electron chi connectivity index (χ4n) is 10.9. The Labute approximate surface area is 488 Å². The van der Waals surface area contributed by atoms with E-state index in [0.717, 1.165) is 80.9 Å². The highest BCUT2D eigenvalue weighted by molar-refractivity contribution is 6.31. The minimum Gasteiger partial charge on any atom is -0.495 e.